The number of carbonyl (C=O) groups is 1. The Labute approximate surface area is 216 Å². The number of Topliss-reactive ketones (excluding diaryl/α,β-unsaturated/α-hetero) is 1. The Bertz CT molecular complexity index is 1080. The molecule has 4 aliphatic carbocycles. The van der Waals surface area contributed by atoms with E-state index in [1.54, 1.807) is 18.3 Å². The summed E-state index contributed by atoms with van der Waals surface area (Å²) in [6, 6.07) is 9.16. The van der Waals surface area contributed by atoms with Crippen LogP contribution in [0.5, 0.6) is 0 Å². The molecule has 0 heterocycles. The molecule has 0 spiro atoms. The van der Waals surface area contributed by atoms with Crippen molar-refractivity contribution in [2.45, 2.75) is 64.7 Å². The zero-order chi connectivity index (χ0) is 25.4. The molecule has 0 radical (unpaired) electrons. The summed E-state index contributed by atoms with van der Waals surface area (Å²) in [5, 5.41) is 4.26. The molecule has 2 fully saturated rings. The molecule has 36 heavy (non-hydrogen) atoms. The van der Waals surface area contributed by atoms with E-state index in [-0.39, 0.29) is 17.9 Å². The standard InChI is InChI=1S/C31H42N2O3/c1-6-36-19-29(34)28-16-15-27-25-13-9-21-17-22(32-35-5)10-14-24(21)30(25)26(18-31(27,28)2)20-7-11-23(12-8-20)33(3)4/h7-8,11-12,17,25-28H,6,9-10,13-16,18-19H2,1-5H3/b32-22+. The highest BCUT2D eigenvalue weighted by Crippen LogP contribution is 2.65. The number of hydrogen-bond donors (Lipinski definition) is 0. The fraction of sp³-hybridized carbons (Fsp3) is 0.613. The molecule has 5 nitrogen and oxygen atoms in total. The van der Waals surface area contributed by atoms with Gasteiger partial charge in [0.25, 0.3) is 0 Å². The van der Waals surface area contributed by atoms with Gasteiger partial charge in [-0.2, -0.15) is 0 Å². The highest BCUT2D eigenvalue weighted by Gasteiger charge is 2.58. The largest absolute Gasteiger partial charge is 0.399 e. The second-order valence-corrected chi connectivity index (χ2v) is 11.6. The van der Waals surface area contributed by atoms with Crippen LogP contribution in [0.4, 0.5) is 5.69 Å². The smallest absolute Gasteiger partial charge is 0.162 e. The molecule has 0 aromatic heterocycles. The van der Waals surface area contributed by atoms with Gasteiger partial charge in [-0.1, -0.05) is 29.8 Å². The summed E-state index contributed by atoms with van der Waals surface area (Å²) in [6.07, 6.45) is 9.74. The van der Waals surface area contributed by atoms with Crippen molar-refractivity contribution in [1.29, 1.82) is 0 Å². The topological polar surface area (TPSA) is 51.1 Å². The molecule has 0 bridgehead atoms. The van der Waals surface area contributed by atoms with Crippen molar-refractivity contribution in [3.05, 3.63) is 52.6 Å². The first-order valence-corrected chi connectivity index (χ1v) is 13.8. The summed E-state index contributed by atoms with van der Waals surface area (Å²) in [5.74, 6) is 1.90. The average Bonchev–Trinajstić information content (AvgIpc) is 3.23. The van der Waals surface area contributed by atoms with Gasteiger partial charge in [0.05, 0.1) is 5.71 Å². The van der Waals surface area contributed by atoms with Crippen molar-refractivity contribution in [2.75, 3.05) is 39.3 Å². The van der Waals surface area contributed by atoms with Crippen molar-refractivity contribution in [1.82, 2.24) is 0 Å². The minimum Gasteiger partial charge on any atom is -0.399 e. The summed E-state index contributed by atoms with van der Waals surface area (Å²) >= 11 is 0. The van der Waals surface area contributed by atoms with E-state index in [1.807, 2.05) is 6.92 Å². The van der Waals surface area contributed by atoms with E-state index in [4.69, 9.17) is 9.57 Å². The number of allylic oxidation sites excluding steroid dienone is 4. The molecule has 2 saturated carbocycles. The molecule has 0 saturated heterocycles. The van der Waals surface area contributed by atoms with Crippen molar-refractivity contribution in [2.24, 2.45) is 28.3 Å². The van der Waals surface area contributed by atoms with E-state index in [9.17, 15) is 4.79 Å². The number of carbonyl (C=O) groups excluding carboxylic acids is 1. The van der Waals surface area contributed by atoms with Crippen LogP contribution in [0, 0.1) is 23.2 Å². The monoisotopic (exact) mass is 490 g/mol. The zero-order valence-electron chi connectivity index (χ0n) is 22.7. The predicted octanol–water partition coefficient (Wildman–Crippen LogP) is 6.31. The Morgan fingerprint density at radius 1 is 1.11 bits per heavy atom. The summed E-state index contributed by atoms with van der Waals surface area (Å²) in [6.45, 7) is 5.26. The van der Waals surface area contributed by atoms with Gasteiger partial charge in [-0.05, 0) is 104 Å². The number of fused-ring (bicyclic) bond motifs is 4. The highest BCUT2D eigenvalue weighted by molar-refractivity contribution is 5.97. The Kier molecular flexibility index (Phi) is 7.13. The first-order valence-electron chi connectivity index (χ1n) is 13.8. The summed E-state index contributed by atoms with van der Waals surface area (Å²) in [7, 11) is 5.82. The Morgan fingerprint density at radius 3 is 2.58 bits per heavy atom. The maximum absolute atomic E-state index is 13.3. The van der Waals surface area contributed by atoms with Gasteiger partial charge in [-0.15, -0.1) is 0 Å². The van der Waals surface area contributed by atoms with Gasteiger partial charge < -0.3 is 14.5 Å². The second-order valence-electron chi connectivity index (χ2n) is 11.6. The van der Waals surface area contributed by atoms with Crippen LogP contribution in [0.2, 0.25) is 0 Å². The molecule has 1 aromatic carbocycles. The lowest BCUT2D eigenvalue weighted by Gasteiger charge is -2.52. The van der Waals surface area contributed by atoms with Crippen LogP contribution in [0.15, 0.2) is 52.2 Å². The lowest BCUT2D eigenvalue weighted by Crippen LogP contribution is -2.45. The normalized spacial score (nSPS) is 32.5. The third-order valence-corrected chi connectivity index (χ3v) is 9.60. The quantitative estimate of drug-likeness (QED) is 0.421. The van der Waals surface area contributed by atoms with Crippen LogP contribution in [0.3, 0.4) is 0 Å². The number of nitrogens with zero attached hydrogens (tertiary/aromatic N) is 2. The molecule has 4 aliphatic rings. The molecular weight excluding hydrogens is 448 g/mol. The van der Waals surface area contributed by atoms with Crippen LogP contribution in [0.1, 0.15) is 70.3 Å². The second kappa shape index (κ2) is 10.2. The maximum Gasteiger partial charge on any atom is 0.162 e. The zero-order valence-corrected chi connectivity index (χ0v) is 22.7. The number of benzene rings is 1. The molecule has 0 N–H and O–H groups in total. The molecule has 0 amide bonds. The van der Waals surface area contributed by atoms with Crippen molar-refractivity contribution < 1.29 is 14.4 Å². The van der Waals surface area contributed by atoms with E-state index < -0.39 is 0 Å². The van der Waals surface area contributed by atoms with Gasteiger partial charge in [-0.3, -0.25) is 4.79 Å². The lowest BCUT2D eigenvalue weighted by molar-refractivity contribution is -0.132. The van der Waals surface area contributed by atoms with Gasteiger partial charge in [0, 0.05) is 38.2 Å². The van der Waals surface area contributed by atoms with Crippen LogP contribution in [0.25, 0.3) is 0 Å². The lowest BCUT2D eigenvalue weighted by atomic mass is 9.51. The number of ketones is 1. The number of oxime groups is 1. The number of hydrogen-bond acceptors (Lipinski definition) is 5. The summed E-state index contributed by atoms with van der Waals surface area (Å²) in [5.41, 5.74) is 8.41. The number of ether oxygens (including phenoxy) is 1. The third kappa shape index (κ3) is 4.34. The third-order valence-electron chi connectivity index (χ3n) is 9.60. The minimum atomic E-state index is 0.0202. The van der Waals surface area contributed by atoms with E-state index >= 15 is 0 Å². The number of anilines is 1. The Morgan fingerprint density at radius 2 is 1.89 bits per heavy atom. The first kappa shape index (κ1) is 25.3. The van der Waals surface area contributed by atoms with Crippen molar-refractivity contribution >= 4 is 17.2 Å². The molecule has 5 atom stereocenters. The fourth-order valence-corrected chi connectivity index (χ4v) is 8.00. The maximum atomic E-state index is 13.3. The molecule has 0 aliphatic heterocycles. The van der Waals surface area contributed by atoms with Crippen molar-refractivity contribution in [3.8, 4) is 0 Å². The molecule has 1 aromatic rings. The predicted molar refractivity (Wildman–Crippen MR) is 145 cm³/mol. The fourth-order valence-electron chi connectivity index (χ4n) is 8.00. The van der Waals surface area contributed by atoms with Gasteiger partial charge in [-0.25, -0.2) is 0 Å². The molecule has 194 valence electrons. The Balaban J connectivity index is 1.59. The molecular formula is C31H42N2O3. The SMILES string of the molecule is CCOCC(=O)C1CCC2C3CCC4=C/C(=N/OC)CCC4=C3C(c3ccc(N(C)C)cc3)CC12C. The molecule has 5 unspecified atom stereocenters. The van der Waals surface area contributed by atoms with E-state index in [0.29, 0.717) is 30.1 Å². The summed E-state index contributed by atoms with van der Waals surface area (Å²) in [4.78, 5) is 20.6. The van der Waals surface area contributed by atoms with E-state index in [2.05, 4.69) is 61.4 Å². The Hall–Kier alpha value is -2.40. The van der Waals surface area contributed by atoms with Crippen LogP contribution in [-0.2, 0) is 14.4 Å². The average molecular weight is 491 g/mol. The van der Waals surface area contributed by atoms with E-state index in [1.165, 1.54) is 23.2 Å². The molecule has 5 rings (SSSR count). The van der Waals surface area contributed by atoms with Crippen LogP contribution < -0.4 is 4.90 Å². The van der Waals surface area contributed by atoms with Crippen molar-refractivity contribution in [3.63, 3.8) is 0 Å². The molecule has 5 heteroatoms. The van der Waals surface area contributed by atoms with Crippen LogP contribution in [-0.4, -0.2) is 45.9 Å². The van der Waals surface area contributed by atoms with E-state index in [0.717, 1.165) is 44.2 Å². The van der Waals surface area contributed by atoms with Gasteiger partial charge in [0.1, 0.15) is 13.7 Å². The van der Waals surface area contributed by atoms with Gasteiger partial charge >= 0.3 is 0 Å². The summed E-state index contributed by atoms with van der Waals surface area (Å²) < 4.78 is 5.59. The van der Waals surface area contributed by atoms with Crippen LogP contribution >= 0.6 is 0 Å². The van der Waals surface area contributed by atoms with Gasteiger partial charge in [0.2, 0.25) is 0 Å². The first-order chi connectivity index (χ1) is 17.4. The van der Waals surface area contributed by atoms with Gasteiger partial charge in [0.15, 0.2) is 5.78 Å². The number of rotatable bonds is 7. The highest BCUT2D eigenvalue weighted by atomic mass is 16.6. The minimum absolute atomic E-state index is 0.0202.